The monoisotopic (exact) mass is 282 g/mol. The number of hydrogen-bond donors (Lipinski definition) is 1. The predicted octanol–water partition coefficient (Wildman–Crippen LogP) is 2.49. The maximum atomic E-state index is 11.2. The van der Waals surface area contributed by atoms with Gasteiger partial charge in [0.25, 0.3) is 0 Å². The van der Waals surface area contributed by atoms with Gasteiger partial charge in [-0.2, -0.15) is 11.8 Å². The number of thioether (sulfide) groups is 1. The van der Waals surface area contributed by atoms with Crippen LogP contribution in [0.15, 0.2) is 18.3 Å². The second-order valence-electron chi connectivity index (χ2n) is 4.26. The molecular weight excluding hydrogens is 260 g/mol. The van der Waals surface area contributed by atoms with Gasteiger partial charge in [0.15, 0.2) is 0 Å². The van der Waals surface area contributed by atoms with E-state index in [9.17, 15) is 4.79 Å². The highest BCUT2D eigenvalue weighted by atomic mass is 32.2. The van der Waals surface area contributed by atoms with E-state index in [0.717, 1.165) is 18.8 Å². The second-order valence-corrected chi connectivity index (χ2v) is 5.25. The highest BCUT2D eigenvalue weighted by Crippen LogP contribution is 2.03. The highest BCUT2D eigenvalue weighted by Gasteiger charge is 2.04. The molecule has 0 aliphatic rings. The molecule has 1 N–H and O–H groups in total. The van der Waals surface area contributed by atoms with Crippen LogP contribution in [0, 0.1) is 0 Å². The van der Waals surface area contributed by atoms with Crippen LogP contribution in [-0.4, -0.2) is 36.6 Å². The molecule has 0 spiro atoms. The van der Waals surface area contributed by atoms with E-state index in [-0.39, 0.29) is 5.97 Å². The molecule has 0 amide bonds. The molecule has 1 aromatic heterocycles. The fourth-order valence-corrected chi connectivity index (χ4v) is 2.15. The van der Waals surface area contributed by atoms with Crippen molar-refractivity contribution in [2.24, 2.45) is 0 Å². The number of carbonyl (C=O) groups is 1. The summed E-state index contributed by atoms with van der Waals surface area (Å²) >= 11 is 1.90. The lowest BCUT2D eigenvalue weighted by Gasteiger charge is -2.05. The lowest BCUT2D eigenvalue weighted by molar-refractivity contribution is 0.0600. The average molecular weight is 282 g/mol. The van der Waals surface area contributed by atoms with Crippen molar-refractivity contribution in [1.29, 1.82) is 0 Å². The lowest BCUT2D eigenvalue weighted by Crippen LogP contribution is -2.15. The Morgan fingerprint density at radius 3 is 2.84 bits per heavy atom. The van der Waals surface area contributed by atoms with E-state index in [1.165, 1.54) is 32.1 Å². The zero-order chi connectivity index (χ0) is 13.9. The summed E-state index contributed by atoms with van der Waals surface area (Å²) in [7, 11) is 1.37. The van der Waals surface area contributed by atoms with Crippen LogP contribution in [0.3, 0.4) is 0 Å². The smallest absolute Gasteiger partial charge is 0.339 e. The van der Waals surface area contributed by atoms with Gasteiger partial charge in [0.2, 0.25) is 0 Å². The van der Waals surface area contributed by atoms with Gasteiger partial charge in [-0.05, 0) is 43.5 Å². The number of ether oxygens (including phenoxy) is 1. The third-order valence-corrected chi connectivity index (χ3v) is 3.45. The zero-order valence-electron chi connectivity index (χ0n) is 11.6. The molecule has 0 aliphatic carbocycles. The number of nitrogens with zero attached hydrogens (tertiary/aromatic N) is 1. The molecule has 0 aliphatic heterocycles. The highest BCUT2D eigenvalue weighted by molar-refractivity contribution is 7.98. The SMILES string of the molecule is COC(=O)c1ccc(CNCCCCCSC)nc1. The summed E-state index contributed by atoms with van der Waals surface area (Å²) in [5.41, 5.74) is 1.43. The summed E-state index contributed by atoms with van der Waals surface area (Å²) in [4.78, 5) is 15.5. The van der Waals surface area contributed by atoms with Gasteiger partial charge in [-0.1, -0.05) is 6.42 Å². The van der Waals surface area contributed by atoms with Crippen LogP contribution < -0.4 is 5.32 Å². The Morgan fingerprint density at radius 1 is 1.37 bits per heavy atom. The van der Waals surface area contributed by atoms with Gasteiger partial charge in [0, 0.05) is 12.7 Å². The number of esters is 1. The van der Waals surface area contributed by atoms with Gasteiger partial charge in [0.05, 0.1) is 18.4 Å². The van der Waals surface area contributed by atoms with Crippen molar-refractivity contribution in [3.63, 3.8) is 0 Å². The van der Waals surface area contributed by atoms with Crippen LogP contribution in [0.1, 0.15) is 35.3 Å². The Balaban J connectivity index is 2.18. The third kappa shape index (κ3) is 6.59. The molecule has 0 unspecified atom stereocenters. The van der Waals surface area contributed by atoms with Crippen molar-refractivity contribution in [3.05, 3.63) is 29.6 Å². The topological polar surface area (TPSA) is 51.2 Å². The van der Waals surface area contributed by atoms with Gasteiger partial charge in [-0.15, -0.1) is 0 Å². The average Bonchev–Trinajstić information content (AvgIpc) is 2.46. The third-order valence-electron chi connectivity index (χ3n) is 2.75. The Labute approximate surface area is 119 Å². The Morgan fingerprint density at radius 2 is 2.21 bits per heavy atom. The van der Waals surface area contributed by atoms with Crippen molar-refractivity contribution in [3.8, 4) is 0 Å². The number of carbonyl (C=O) groups excluding carboxylic acids is 1. The van der Waals surface area contributed by atoms with E-state index >= 15 is 0 Å². The van der Waals surface area contributed by atoms with Gasteiger partial charge in [0.1, 0.15) is 0 Å². The molecule has 0 radical (unpaired) electrons. The quantitative estimate of drug-likeness (QED) is 0.557. The first-order chi connectivity index (χ1) is 9.27. The van der Waals surface area contributed by atoms with Gasteiger partial charge in [-0.3, -0.25) is 4.98 Å². The van der Waals surface area contributed by atoms with Crippen molar-refractivity contribution in [2.75, 3.05) is 25.7 Å². The minimum atomic E-state index is -0.346. The van der Waals surface area contributed by atoms with Crippen LogP contribution in [0.25, 0.3) is 0 Å². The van der Waals surface area contributed by atoms with E-state index < -0.39 is 0 Å². The van der Waals surface area contributed by atoms with Gasteiger partial charge >= 0.3 is 5.97 Å². The summed E-state index contributed by atoms with van der Waals surface area (Å²) in [5, 5.41) is 3.36. The van der Waals surface area contributed by atoms with Crippen molar-refractivity contribution in [1.82, 2.24) is 10.3 Å². The summed E-state index contributed by atoms with van der Waals surface area (Å²) in [6.45, 7) is 1.75. The number of unbranched alkanes of at least 4 members (excludes halogenated alkanes) is 2. The van der Waals surface area contributed by atoms with Crippen LogP contribution in [0.5, 0.6) is 0 Å². The van der Waals surface area contributed by atoms with Crippen LogP contribution in [-0.2, 0) is 11.3 Å². The molecule has 5 heteroatoms. The normalized spacial score (nSPS) is 10.4. The lowest BCUT2D eigenvalue weighted by atomic mass is 10.2. The molecular formula is C14H22N2O2S. The molecule has 4 nitrogen and oxygen atoms in total. The molecule has 1 rings (SSSR count). The summed E-state index contributed by atoms with van der Waals surface area (Å²) in [5.74, 6) is 0.900. The van der Waals surface area contributed by atoms with Crippen molar-refractivity contribution < 1.29 is 9.53 Å². The number of hydrogen-bond acceptors (Lipinski definition) is 5. The van der Waals surface area contributed by atoms with Crippen molar-refractivity contribution >= 4 is 17.7 Å². The summed E-state index contributed by atoms with van der Waals surface area (Å²) in [6.07, 6.45) is 7.45. The first-order valence-electron chi connectivity index (χ1n) is 6.51. The van der Waals surface area contributed by atoms with E-state index in [1.54, 1.807) is 12.3 Å². The van der Waals surface area contributed by atoms with Gasteiger partial charge in [-0.25, -0.2) is 4.79 Å². The largest absolute Gasteiger partial charge is 0.465 e. The maximum Gasteiger partial charge on any atom is 0.339 e. The Bertz CT molecular complexity index is 368. The molecule has 0 bridgehead atoms. The fraction of sp³-hybridized carbons (Fsp3) is 0.571. The van der Waals surface area contributed by atoms with E-state index in [2.05, 4.69) is 21.3 Å². The molecule has 1 heterocycles. The first-order valence-corrected chi connectivity index (χ1v) is 7.90. The maximum absolute atomic E-state index is 11.2. The minimum Gasteiger partial charge on any atom is -0.465 e. The molecule has 1 aromatic rings. The molecule has 106 valence electrons. The van der Waals surface area contributed by atoms with Crippen LogP contribution in [0.2, 0.25) is 0 Å². The summed E-state index contributed by atoms with van der Waals surface area (Å²) in [6, 6.07) is 3.60. The number of pyridine rings is 1. The first kappa shape index (κ1) is 16.0. The number of nitrogens with one attached hydrogen (secondary N) is 1. The van der Waals surface area contributed by atoms with Gasteiger partial charge < -0.3 is 10.1 Å². The number of rotatable bonds is 9. The second kappa shape index (κ2) is 9.81. The predicted molar refractivity (Wildman–Crippen MR) is 79.5 cm³/mol. The van der Waals surface area contributed by atoms with Crippen molar-refractivity contribution in [2.45, 2.75) is 25.8 Å². The molecule has 0 atom stereocenters. The Kier molecular flexibility index (Phi) is 8.25. The molecule has 0 saturated heterocycles. The van der Waals surface area contributed by atoms with Crippen LogP contribution >= 0.6 is 11.8 Å². The molecule has 0 fully saturated rings. The Hall–Kier alpha value is -1.07. The number of aromatic nitrogens is 1. The summed E-state index contributed by atoms with van der Waals surface area (Å²) < 4.78 is 4.63. The van der Waals surface area contributed by atoms with E-state index in [0.29, 0.717) is 5.56 Å². The fourth-order valence-electron chi connectivity index (χ4n) is 1.66. The van der Waals surface area contributed by atoms with E-state index in [4.69, 9.17) is 0 Å². The minimum absolute atomic E-state index is 0.346. The molecule has 0 aromatic carbocycles. The standard InChI is InChI=1S/C14H22N2O2S/c1-18-14(17)12-6-7-13(16-10-12)11-15-8-4-3-5-9-19-2/h6-7,10,15H,3-5,8-9,11H2,1-2H3. The molecule has 0 saturated carbocycles. The van der Waals surface area contributed by atoms with E-state index in [1.807, 2.05) is 17.8 Å². The zero-order valence-corrected chi connectivity index (χ0v) is 12.5. The molecule has 19 heavy (non-hydrogen) atoms. The number of methoxy groups -OCH3 is 1. The van der Waals surface area contributed by atoms with Crippen LogP contribution in [0.4, 0.5) is 0 Å².